The van der Waals surface area contributed by atoms with E-state index >= 15 is 0 Å². The Hall–Kier alpha value is -1.67. The Morgan fingerprint density at radius 2 is 1.76 bits per heavy atom. The van der Waals surface area contributed by atoms with Gasteiger partial charge in [0.05, 0.1) is 24.9 Å². The van der Waals surface area contributed by atoms with Gasteiger partial charge in [-0.1, -0.05) is 39.8 Å². The summed E-state index contributed by atoms with van der Waals surface area (Å²) < 4.78 is 17.4. The largest absolute Gasteiger partial charge is 0.452 e. The van der Waals surface area contributed by atoms with Crippen molar-refractivity contribution in [2.24, 2.45) is 34.5 Å². The number of aliphatic hydroxyl groups excluding tert-OH is 6. The van der Waals surface area contributed by atoms with Gasteiger partial charge in [-0.15, -0.1) is 0 Å². The van der Waals surface area contributed by atoms with E-state index in [4.69, 9.17) is 14.2 Å². The number of carbonyl (C=O) groups excluding carboxylic acids is 1. The van der Waals surface area contributed by atoms with Gasteiger partial charge in [-0.2, -0.15) is 0 Å². The topological polar surface area (TPSA) is 186 Å². The predicted molar refractivity (Wildman–Crippen MR) is 165 cm³/mol. The van der Waals surface area contributed by atoms with Gasteiger partial charge in [0, 0.05) is 11.5 Å². The molecule has 6 aliphatic rings. The second-order valence-electron chi connectivity index (χ2n) is 15.6. The zero-order valence-electron chi connectivity index (χ0n) is 27.5. The van der Waals surface area contributed by atoms with E-state index in [9.17, 15) is 40.5 Å². The standard InChI is InChI=1S/C35H52O11/c1-16(2)35(43,17(3)37)26-13-21(31(42)46-26)27-24(38)14-23-20-7-6-18-12-19(8-10-33(18,4)22(20)9-11-34(23,27)5)44-32-30(41)29(40)28(39)25(15-36)45-32/h7,9,13,16-19,23-30,32,36-41,43H,6,8,10-12,14-15H2,1-5H3. The molecule has 0 aromatic rings. The molecule has 15 unspecified atom stereocenters. The van der Waals surface area contributed by atoms with E-state index in [2.05, 4.69) is 26.0 Å². The molecule has 3 fully saturated rings. The number of rotatable bonds is 7. The van der Waals surface area contributed by atoms with Crippen molar-refractivity contribution in [3.8, 4) is 0 Å². The van der Waals surface area contributed by atoms with Crippen LogP contribution in [0.3, 0.4) is 0 Å². The summed E-state index contributed by atoms with van der Waals surface area (Å²) in [5.41, 5.74) is 0.670. The van der Waals surface area contributed by atoms with Crippen molar-refractivity contribution in [1.82, 2.24) is 0 Å². The van der Waals surface area contributed by atoms with E-state index in [1.807, 2.05) is 0 Å². The van der Waals surface area contributed by atoms with Gasteiger partial charge in [0.15, 0.2) is 12.4 Å². The summed E-state index contributed by atoms with van der Waals surface area (Å²) in [5, 5.41) is 73.7. The SMILES string of the molecule is CC(C)C(O)(C(C)O)C1C=C(C2C(O)CC3C4=CCC5CC(OC6OC(CO)C(O)C(O)C6O)CCC5(C)C4=CCC32C)C(=O)O1. The third-order valence-corrected chi connectivity index (χ3v) is 12.8. The zero-order valence-corrected chi connectivity index (χ0v) is 27.5. The molecule has 6 rings (SSSR count). The molecule has 2 saturated carbocycles. The lowest BCUT2D eigenvalue weighted by molar-refractivity contribution is -0.314. The molecule has 7 N–H and O–H groups in total. The van der Waals surface area contributed by atoms with Crippen LogP contribution in [0.5, 0.6) is 0 Å². The Kier molecular flexibility index (Phi) is 8.95. The van der Waals surface area contributed by atoms with Crippen LogP contribution in [0.1, 0.15) is 73.1 Å². The van der Waals surface area contributed by atoms with Crippen molar-refractivity contribution in [3.63, 3.8) is 0 Å². The molecule has 46 heavy (non-hydrogen) atoms. The maximum Gasteiger partial charge on any atom is 0.334 e. The van der Waals surface area contributed by atoms with E-state index in [0.717, 1.165) is 12.8 Å². The first-order valence-electron chi connectivity index (χ1n) is 17.0. The number of hydrogen-bond donors (Lipinski definition) is 7. The van der Waals surface area contributed by atoms with Crippen molar-refractivity contribution in [2.45, 2.75) is 134 Å². The number of hydrogen-bond acceptors (Lipinski definition) is 11. The Morgan fingerprint density at radius 1 is 1.04 bits per heavy atom. The summed E-state index contributed by atoms with van der Waals surface area (Å²) >= 11 is 0. The molecule has 11 nitrogen and oxygen atoms in total. The van der Waals surface area contributed by atoms with Crippen LogP contribution in [-0.4, -0.2) is 109 Å². The number of ether oxygens (including phenoxy) is 3. The molecule has 0 spiro atoms. The lowest BCUT2D eigenvalue weighted by Crippen LogP contribution is -2.60. The first kappa shape index (κ1) is 34.2. The highest BCUT2D eigenvalue weighted by Gasteiger charge is 2.61. The van der Waals surface area contributed by atoms with E-state index in [1.165, 1.54) is 18.1 Å². The summed E-state index contributed by atoms with van der Waals surface area (Å²) in [5.74, 6) is -1.13. The number of cyclic esters (lactones) is 1. The van der Waals surface area contributed by atoms with Gasteiger partial charge >= 0.3 is 5.97 Å². The first-order chi connectivity index (χ1) is 21.6. The van der Waals surface area contributed by atoms with Crippen LogP contribution in [0.15, 0.2) is 34.9 Å². The lowest BCUT2D eigenvalue weighted by atomic mass is 9.52. The maximum atomic E-state index is 13.3. The molecule has 0 bridgehead atoms. The van der Waals surface area contributed by atoms with Crippen molar-refractivity contribution in [2.75, 3.05) is 6.61 Å². The summed E-state index contributed by atoms with van der Waals surface area (Å²) in [7, 11) is 0. The summed E-state index contributed by atoms with van der Waals surface area (Å²) in [6.45, 7) is 8.97. The molecule has 0 aromatic heterocycles. The Labute approximate surface area is 270 Å². The molecular formula is C35H52O11. The Balaban J connectivity index is 1.21. The van der Waals surface area contributed by atoms with Crippen molar-refractivity contribution in [3.05, 3.63) is 34.9 Å². The molecule has 11 heteroatoms. The minimum atomic E-state index is -1.65. The first-order valence-corrected chi connectivity index (χ1v) is 17.0. The van der Waals surface area contributed by atoms with Crippen LogP contribution in [0.2, 0.25) is 0 Å². The maximum absolute atomic E-state index is 13.3. The van der Waals surface area contributed by atoms with Crippen molar-refractivity contribution >= 4 is 5.97 Å². The fraction of sp³-hybridized carbons (Fsp3) is 0.800. The third-order valence-electron chi connectivity index (χ3n) is 12.8. The van der Waals surface area contributed by atoms with Gasteiger partial charge in [0.1, 0.15) is 30.0 Å². The molecule has 0 radical (unpaired) electrons. The molecule has 0 amide bonds. The van der Waals surface area contributed by atoms with E-state index in [-0.39, 0.29) is 29.3 Å². The number of esters is 1. The number of aliphatic hydroxyl groups is 7. The van der Waals surface area contributed by atoms with Crippen LogP contribution >= 0.6 is 0 Å². The monoisotopic (exact) mass is 648 g/mol. The van der Waals surface area contributed by atoms with Gasteiger partial charge < -0.3 is 50.0 Å². The summed E-state index contributed by atoms with van der Waals surface area (Å²) in [6.07, 6.45) is 0.754. The van der Waals surface area contributed by atoms with Gasteiger partial charge in [-0.3, -0.25) is 0 Å². The van der Waals surface area contributed by atoms with Gasteiger partial charge in [-0.25, -0.2) is 4.79 Å². The zero-order chi connectivity index (χ0) is 33.5. The highest BCUT2D eigenvalue weighted by molar-refractivity contribution is 5.92. The second kappa shape index (κ2) is 12.0. The normalized spacial score (nSPS) is 47.5. The minimum absolute atomic E-state index is 0.0295. The Morgan fingerprint density at radius 3 is 2.41 bits per heavy atom. The van der Waals surface area contributed by atoms with Crippen molar-refractivity contribution in [1.29, 1.82) is 0 Å². The lowest BCUT2D eigenvalue weighted by Gasteiger charge is -2.53. The quantitative estimate of drug-likeness (QED) is 0.197. The molecule has 0 aromatic carbocycles. The van der Waals surface area contributed by atoms with E-state index in [0.29, 0.717) is 31.3 Å². The van der Waals surface area contributed by atoms with Crippen LogP contribution in [-0.2, 0) is 19.0 Å². The molecule has 1 saturated heterocycles. The summed E-state index contributed by atoms with van der Waals surface area (Å²) in [4.78, 5) is 13.3. The molecule has 258 valence electrons. The fourth-order valence-corrected chi connectivity index (χ4v) is 9.85. The second-order valence-corrected chi connectivity index (χ2v) is 15.6. The minimum Gasteiger partial charge on any atom is -0.452 e. The van der Waals surface area contributed by atoms with Crippen LogP contribution in [0.4, 0.5) is 0 Å². The average Bonchev–Trinajstić information content (AvgIpc) is 3.51. The van der Waals surface area contributed by atoms with E-state index < -0.39 is 78.5 Å². The highest BCUT2D eigenvalue weighted by Crippen LogP contribution is 2.65. The average molecular weight is 649 g/mol. The number of fused-ring (bicyclic) bond motifs is 5. The smallest absolute Gasteiger partial charge is 0.334 e. The highest BCUT2D eigenvalue weighted by atomic mass is 16.7. The number of allylic oxidation sites excluding steroid dienone is 4. The molecule has 15 atom stereocenters. The van der Waals surface area contributed by atoms with Crippen LogP contribution in [0, 0.1) is 34.5 Å². The van der Waals surface area contributed by atoms with E-state index in [1.54, 1.807) is 19.9 Å². The molecule has 2 heterocycles. The number of carbonyl (C=O) groups is 1. The molecule has 4 aliphatic carbocycles. The third kappa shape index (κ3) is 5.08. The molecule has 2 aliphatic heterocycles. The van der Waals surface area contributed by atoms with Crippen LogP contribution in [0.25, 0.3) is 0 Å². The van der Waals surface area contributed by atoms with Crippen molar-refractivity contribution < 1.29 is 54.8 Å². The predicted octanol–water partition coefficient (Wildman–Crippen LogP) is 1.26. The van der Waals surface area contributed by atoms with Gasteiger partial charge in [0.25, 0.3) is 0 Å². The summed E-state index contributed by atoms with van der Waals surface area (Å²) in [6, 6.07) is 0. The van der Waals surface area contributed by atoms with Gasteiger partial charge in [0.2, 0.25) is 0 Å². The van der Waals surface area contributed by atoms with Crippen LogP contribution < -0.4 is 0 Å². The fourth-order valence-electron chi connectivity index (χ4n) is 9.85. The Bertz CT molecular complexity index is 1280. The van der Waals surface area contributed by atoms with Gasteiger partial charge in [-0.05, 0) is 91.3 Å². The molecular weight excluding hydrogens is 596 g/mol.